The Morgan fingerprint density at radius 2 is 1.02 bits per heavy atom. The molecule has 58 heavy (non-hydrogen) atoms. The largest absolute Gasteiger partial charge is 0.456 e. The normalized spacial score (nSPS) is 14.9. The maximum absolute atomic E-state index is 6.61. The Morgan fingerprint density at radius 1 is 0.379 bits per heavy atom. The fourth-order valence-corrected chi connectivity index (χ4v) is 9.24. The summed E-state index contributed by atoms with van der Waals surface area (Å²) in [6, 6.07) is 59.9. The number of fused-ring (bicyclic) bond motifs is 12. The van der Waals surface area contributed by atoms with Crippen LogP contribution in [0.2, 0.25) is 0 Å². The van der Waals surface area contributed by atoms with Crippen molar-refractivity contribution in [1.29, 1.82) is 0 Å². The van der Waals surface area contributed by atoms with Crippen molar-refractivity contribution in [2.24, 2.45) is 0 Å². The van der Waals surface area contributed by atoms with Crippen LogP contribution in [0.25, 0.3) is 90.5 Å². The van der Waals surface area contributed by atoms with Crippen LogP contribution >= 0.6 is 0 Å². The zero-order chi connectivity index (χ0) is 38.2. The van der Waals surface area contributed by atoms with Gasteiger partial charge in [0, 0.05) is 39.9 Å². The molecule has 3 heterocycles. The van der Waals surface area contributed by atoms with Crippen LogP contribution in [0.15, 0.2) is 187 Å². The quantitative estimate of drug-likeness (QED) is 0.180. The summed E-state index contributed by atoms with van der Waals surface area (Å²) < 4.78 is 6.61. The number of hydrogen-bond acceptors (Lipinski definition) is 5. The van der Waals surface area contributed by atoms with Crippen LogP contribution < -0.4 is 0 Å². The number of rotatable bonds is 4. The van der Waals surface area contributed by atoms with E-state index >= 15 is 0 Å². The molecule has 1 atom stereocenters. The lowest BCUT2D eigenvalue weighted by Gasteiger charge is -2.35. The third kappa shape index (κ3) is 4.83. The highest BCUT2D eigenvalue weighted by Crippen LogP contribution is 2.59. The molecule has 5 heteroatoms. The van der Waals surface area contributed by atoms with E-state index in [1.807, 2.05) is 48.7 Å². The van der Waals surface area contributed by atoms with Gasteiger partial charge in [0.1, 0.15) is 11.2 Å². The van der Waals surface area contributed by atoms with Crippen LogP contribution in [-0.4, -0.2) is 19.9 Å². The monoisotopic (exact) mass is 740 g/mol. The number of hydrogen-bond donors (Lipinski definition) is 0. The van der Waals surface area contributed by atoms with Crippen molar-refractivity contribution in [3.63, 3.8) is 0 Å². The second-order valence-corrected chi connectivity index (χ2v) is 15.0. The van der Waals surface area contributed by atoms with Crippen LogP contribution in [0.1, 0.15) is 33.4 Å². The zero-order valence-corrected chi connectivity index (χ0v) is 31.2. The van der Waals surface area contributed by atoms with E-state index in [1.54, 1.807) is 6.20 Å². The molecule has 5 nitrogen and oxygen atoms in total. The molecule has 3 aromatic heterocycles. The van der Waals surface area contributed by atoms with Crippen molar-refractivity contribution in [3.8, 4) is 56.4 Å². The maximum Gasteiger partial charge on any atom is 0.164 e. The first-order chi connectivity index (χ1) is 28.7. The van der Waals surface area contributed by atoms with Crippen LogP contribution in [-0.2, 0) is 5.41 Å². The van der Waals surface area contributed by atoms with Crippen LogP contribution in [0.4, 0.5) is 0 Å². The molecule has 0 N–H and O–H groups in total. The minimum atomic E-state index is -0.662. The summed E-state index contributed by atoms with van der Waals surface area (Å²) in [5, 5.41) is 2.24. The van der Waals surface area contributed by atoms with Gasteiger partial charge in [-0.15, -0.1) is 0 Å². The van der Waals surface area contributed by atoms with Crippen LogP contribution in [0, 0.1) is 0 Å². The topological polar surface area (TPSA) is 64.7 Å². The molecule has 2 aliphatic carbocycles. The van der Waals surface area contributed by atoms with Gasteiger partial charge in [-0.3, -0.25) is 4.98 Å². The first-order valence-corrected chi connectivity index (χ1v) is 19.5. The third-order valence-corrected chi connectivity index (χ3v) is 11.9. The number of nitrogens with zero attached hydrogens (tertiary/aromatic N) is 4. The van der Waals surface area contributed by atoms with E-state index in [4.69, 9.17) is 19.4 Å². The third-order valence-electron chi connectivity index (χ3n) is 11.9. The Labute approximate surface area is 334 Å². The Morgan fingerprint density at radius 3 is 1.83 bits per heavy atom. The van der Waals surface area contributed by atoms with Gasteiger partial charge in [0.05, 0.1) is 5.41 Å². The van der Waals surface area contributed by atoms with E-state index in [2.05, 4.69) is 145 Å². The lowest BCUT2D eigenvalue weighted by atomic mass is 9.65. The summed E-state index contributed by atoms with van der Waals surface area (Å²) in [7, 11) is 0. The average molecular weight is 741 g/mol. The van der Waals surface area contributed by atoms with E-state index in [0.717, 1.165) is 60.9 Å². The van der Waals surface area contributed by atoms with Crippen molar-refractivity contribution >= 4 is 34.1 Å². The summed E-state index contributed by atoms with van der Waals surface area (Å²) in [4.78, 5) is 19.8. The fraction of sp³-hybridized carbons (Fsp3) is 0.0189. The van der Waals surface area contributed by atoms with Gasteiger partial charge in [-0.1, -0.05) is 152 Å². The van der Waals surface area contributed by atoms with Crippen LogP contribution in [0.3, 0.4) is 0 Å². The summed E-state index contributed by atoms with van der Waals surface area (Å²) in [5.74, 6) is 1.84. The fourth-order valence-electron chi connectivity index (χ4n) is 9.24. The number of furan rings is 1. The van der Waals surface area contributed by atoms with Gasteiger partial charge in [-0.05, 0) is 86.0 Å². The van der Waals surface area contributed by atoms with Crippen molar-refractivity contribution in [2.75, 3.05) is 0 Å². The van der Waals surface area contributed by atoms with E-state index in [-0.39, 0.29) is 0 Å². The van der Waals surface area contributed by atoms with Crippen molar-refractivity contribution in [2.45, 2.75) is 5.41 Å². The van der Waals surface area contributed by atoms with Gasteiger partial charge in [-0.25, -0.2) is 15.0 Å². The lowest BCUT2D eigenvalue weighted by molar-refractivity contribution is 0.666. The van der Waals surface area contributed by atoms with Gasteiger partial charge in [0.15, 0.2) is 17.5 Å². The van der Waals surface area contributed by atoms with Gasteiger partial charge in [-0.2, -0.15) is 0 Å². The van der Waals surface area contributed by atoms with Gasteiger partial charge in [0.2, 0.25) is 0 Å². The molecule has 0 saturated carbocycles. The Hall–Kier alpha value is -7.76. The minimum Gasteiger partial charge on any atom is -0.456 e. The van der Waals surface area contributed by atoms with Gasteiger partial charge in [0.25, 0.3) is 0 Å². The van der Waals surface area contributed by atoms with Gasteiger partial charge < -0.3 is 4.42 Å². The molecule has 12 rings (SSSR count). The highest BCUT2D eigenvalue weighted by molar-refractivity contribution is 6.08. The first-order valence-electron chi connectivity index (χ1n) is 19.5. The Balaban J connectivity index is 1.11. The van der Waals surface area contributed by atoms with E-state index in [1.165, 1.54) is 33.4 Å². The summed E-state index contributed by atoms with van der Waals surface area (Å²) >= 11 is 0. The van der Waals surface area contributed by atoms with E-state index in [9.17, 15) is 0 Å². The predicted octanol–water partition coefficient (Wildman–Crippen LogP) is 12.7. The molecular formula is C53H32N4O. The molecule has 0 aliphatic heterocycles. The molecule has 1 unspecified atom stereocenters. The SMILES string of the molecule is C1=Cc2ccc(-c3nc(-c4ccccc4)nc(-c4ccc(-c5cccnc5)cc4)n3)cc2C2(c3ccccc31)c1ccccc1-c1cc3c(cc12)oc1ccccc13. The van der Waals surface area contributed by atoms with E-state index < -0.39 is 5.41 Å². The molecule has 270 valence electrons. The average Bonchev–Trinajstić information content (AvgIpc) is 3.75. The van der Waals surface area contributed by atoms with Crippen LogP contribution in [0.5, 0.6) is 0 Å². The summed E-state index contributed by atoms with van der Waals surface area (Å²) in [5.41, 5.74) is 15.6. The smallest absolute Gasteiger partial charge is 0.164 e. The molecular weight excluding hydrogens is 709 g/mol. The number of aromatic nitrogens is 4. The second kappa shape index (κ2) is 12.6. The molecule has 1 spiro atoms. The zero-order valence-electron chi connectivity index (χ0n) is 31.2. The second-order valence-electron chi connectivity index (χ2n) is 15.0. The highest BCUT2D eigenvalue weighted by Gasteiger charge is 2.49. The minimum absolute atomic E-state index is 0.610. The first kappa shape index (κ1) is 32.5. The lowest BCUT2D eigenvalue weighted by Crippen LogP contribution is -2.30. The molecule has 0 fully saturated rings. The molecule has 0 saturated heterocycles. The predicted molar refractivity (Wildman–Crippen MR) is 233 cm³/mol. The summed E-state index contributed by atoms with van der Waals surface area (Å²) in [6.45, 7) is 0. The number of para-hydroxylation sites is 1. The number of benzene rings is 7. The summed E-state index contributed by atoms with van der Waals surface area (Å²) in [6.07, 6.45) is 8.18. The van der Waals surface area contributed by atoms with E-state index in [0.29, 0.717) is 17.5 Å². The molecule has 10 aromatic rings. The molecule has 2 aliphatic rings. The molecule has 0 radical (unpaired) electrons. The maximum atomic E-state index is 6.61. The van der Waals surface area contributed by atoms with Gasteiger partial charge >= 0.3 is 0 Å². The Kier molecular flexibility index (Phi) is 7.07. The molecule has 0 amide bonds. The molecule has 7 aromatic carbocycles. The van der Waals surface area contributed by atoms with Crippen molar-refractivity contribution < 1.29 is 4.42 Å². The standard InChI is InChI=1S/C53H32N4O/c1-2-12-36(13-3-1)50-55-51(37-25-20-33(21-26-37)39-14-10-28-54-32-39)57-52(56-50)38-27-24-35-23-22-34-11-4-7-17-44(34)53(46(35)29-38)45-18-8-5-15-40(45)42-30-43-41-16-6-9-19-48(41)58-49(43)31-47(42)53/h1-32H. The van der Waals surface area contributed by atoms with Crippen molar-refractivity contribution in [1.82, 2.24) is 19.9 Å². The number of pyridine rings is 1. The Bertz CT molecular complexity index is 3280. The molecule has 0 bridgehead atoms. The highest BCUT2D eigenvalue weighted by atomic mass is 16.3. The van der Waals surface area contributed by atoms with Crippen molar-refractivity contribution in [3.05, 3.63) is 216 Å².